The number of fused-ring (bicyclic) bond motifs is 1. The molecule has 6 atom stereocenters. The Hall–Kier alpha value is -0.956. The first-order valence-corrected chi connectivity index (χ1v) is 23.1. The number of hydrogen-bond acceptors (Lipinski definition) is 4. The molecule has 0 aromatic rings. The summed E-state index contributed by atoms with van der Waals surface area (Å²) < 4.78 is 19.2. The highest BCUT2D eigenvalue weighted by Gasteiger charge is 2.50. The monoisotopic (exact) mass is 630 g/mol. The Labute approximate surface area is 267 Å². The number of ether oxygens (including phenoxy) is 1. The van der Waals surface area contributed by atoms with Crippen LogP contribution in [0.4, 0.5) is 0 Å². The molecule has 0 aromatic carbocycles. The average molecular weight is 631 g/mol. The first-order chi connectivity index (χ1) is 19.7. The molecule has 0 spiro atoms. The van der Waals surface area contributed by atoms with Gasteiger partial charge >= 0.3 is 5.97 Å². The van der Waals surface area contributed by atoms with E-state index < -0.39 is 16.6 Å². The lowest BCUT2D eigenvalue weighted by Gasteiger charge is -2.45. The number of esters is 1. The maximum atomic E-state index is 12.0. The number of allylic oxidation sites excluding steroid dienone is 4. The van der Waals surface area contributed by atoms with Gasteiger partial charge in [-0.2, -0.15) is 0 Å². The maximum absolute atomic E-state index is 12.0. The van der Waals surface area contributed by atoms with Gasteiger partial charge in [0.15, 0.2) is 16.6 Å². The highest BCUT2D eigenvalue weighted by atomic mass is 28.4. The largest absolute Gasteiger partial charge is 0.463 e. The molecule has 0 aromatic heterocycles. The molecule has 0 saturated heterocycles. The second-order valence-electron chi connectivity index (χ2n) is 17.3. The van der Waals surface area contributed by atoms with E-state index in [1.54, 1.807) is 11.6 Å². The molecule has 0 radical (unpaired) electrons. The molecule has 3 aliphatic rings. The summed E-state index contributed by atoms with van der Waals surface area (Å²) in [6.07, 6.45) is 18.5. The van der Waals surface area contributed by atoms with E-state index in [-0.39, 0.29) is 33.7 Å². The molecule has 6 heteroatoms. The minimum Gasteiger partial charge on any atom is -0.463 e. The molecule has 0 heterocycles. The Kier molecular flexibility index (Phi) is 11.7. The lowest BCUT2D eigenvalue weighted by molar-refractivity contribution is -0.137. The summed E-state index contributed by atoms with van der Waals surface area (Å²) in [6, 6.07) is 0. The van der Waals surface area contributed by atoms with Crippen molar-refractivity contribution in [3.63, 3.8) is 0 Å². The minimum atomic E-state index is -1.89. The molecule has 0 bridgehead atoms. The highest BCUT2D eigenvalue weighted by molar-refractivity contribution is 6.74. The predicted molar refractivity (Wildman–Crippen MR) is 187 cm³/mol. The van der Waals surface area contributed by atoms with Gasteiger partial charge in [-0.05, 0) is 118 Å². The Morgan fingerprint density at radius 2 is 1.51 bits per heavy atom. The SMILES string of the molecule is CCOC(=O)C=C[C@@H](C)[C@H]1CC[C@H]2C(=CC=C3C[C@@H](O[Si](C)(C)C(C)(C)C)C[C@H](O[Si](C)(C)C(C)(C)C)C3)CCC[C@]12C. The molecule has 0 aliphatic heterocycles. The molecular weight excluding hydrogens is 565 g/mol. The van der Waals surface area contributed by atoms with E-state index in [2.05, 4.69) is 99.8 Å². The average Bonchev–Trinajstić information content (AvgIpc) is 3.21. The summed E-state index contributed by atoms with van der Waals surface area (Å²) in [6.45, 7) is 30.7. The Morgan fingerprint density at radius 1 is 0.953 bits per heavy atom. The van der Waals surface area contributed by atoms with Crippen LogP contribution < -0.4 is 0 Å². The van der Waals surface area contributed by atoms with E-state index >= 15 is 0 Å². The van der Waals surface area contributed by atoms with Crippen LogP contribution in [-0.4, -0.2) is 41.4 Å². The van der Waals surface area contributed by atoms with Crippen LogP contribution in [0.25, 0.3) is 0 Å². The fraction of sp³-hybridized carbons (Fsp3) is 0.811. The van der Waals surface area contributed by atoms with E-state index in [0.29, 0.717) is 24.4 Å². The maximum Gasteiger partial charge on any atom is 0.330 e. The van der Waals surface area contributed by atoms with Crippen molar-refractivity contribution in [3.05, 3.63) is 35.5 Å². The van der Waals surface area contributed by atoms with Crippen LogP contribution in [0.2, 0.25) is 36.3 Å². The van der Waals surface area contributed by atoms with E-state index in [0.717, 1.165) is 19.3 Å². The summed E-state index contributed by atoms with van der Waals surface area (Å²) in [7, 11) is -3.78. The quantitative estimate of drug-likeness (QED) is 0.144. The van der Waals surface area contributed by atoms with Crippen LogP contribution in [0.3, 0.4) is 0 Å². The van der Waals surface area contributed by atoms with Crippen LogP contribution in [0.5, 0.6) is 0 Å². The molecular formula is C37H66O4Si2. The van der Waals surface area contributed by atoms with Gasteiger partial charge in [-0.15, -0.1) is 0 Å². The van der Waals surface area contributed by atoms with Crippen LogP contribution >= 0.6 is 0 Å². The first kappa shape index (κ1) is 36.5. The zero-order valence-electron chi connectivity index (χ0n) is 30.2. The molecule has 43 heavy (non-hydrogen) atoms. The summed E-state index contributed by atoms with van der Waals surface area (Å²) in [5.74, 6) is 1.38. The van der Waals surface area contributed by atoms with Crippen molar-refractivity contribution >= 4 is 22.6 Å². The van der Waals surface area contributed by atoms with Crippen molar-refractivity contribution in [2.24, 2.45) is 23.2 Å². The van der Waals surface area contributed by atoms with Gasteiger partial charge < -0.3 is 13.6 Å². The van der Waals surface area contributed by atoms with Gasteiger partial charge in [0.05, 0.1) is 18.8 Å². The number of carbonyl (C=O) groups is 1. The lowest BCUT2D eigenvalue weighted by atomic mass is 9.61. The van der Waals surface area contributed by atoms with E-state index in [1.165, 1.54) is 37.7 Å². The third kappa shape index (κ3) is 8.86. The van der Waals surface area contributed by atoms with Gasteiger partial charge in [0.2, 0.25) is 0 Å². The van der Waals surface area contributed by atoms with Crippen molar-refractivity contribution < 1.29 is 18.4 Å². The predicted octanol–water partition coefficient (Wildman–Crippen LogP) is 10.8. The van der Waals surface area contributed by atoms with E-state index in [9.17, 15) is 4.79 Å². The Morgan fingerprint density at radius 3 is 2.02 bits per heavy atom. The second kappa shape index (κ2) is 13.8. The topological polar surface area (TPSA) is 44.8 Å². The van der Waals surface area contributed by atoms with Crippen molar-refractivity contribution in [1.82, 2.24) is 0 Å². The van der Waals surface area contributed by atoms with E-state index in [1.807, 2.05) is 6.92 Å². The molecule has 4 nitrogen and oxygen atoms in total. The van der Waals surface area contributed by atoms with Crippen LogP contribution in [0.1, 0.15) is 114 Å². The fourth-order valence-electron chi connectivity index (χ4n) is 7.55. The van der Waals surface area contributed by atoms with Crippen molar-refractivity contribution in [1.29, 1.82) is 0 Å². The Balaban J connectivity index is 1.84. The third-order valence-electron chi connectivity index (χ3n) is 12.1. The molecule has 0 unspecified atom stereocenters. The van der Waals surface area contributed by atoms with Gasteiger partial charge in [-0.25, -0.2) is 4.79 Å². The fourth-order valence-corrected chi connectivity index (χ4v) is 10.3. The highest BCUT2D eigenvalue weighted by Crippen LogP contribution is 2.59. The zero-order valence-corrected chi connectivity index (χ0v) is 32.2. The lowest BCUT2D eigenvalue weighted by Crippen LogP contribution is -2.48. The van der Waals surface area contributed by atoms with Gasteiger partial charge in [-0.1, -0.05) is 84.8 Å². The molecule has 3 aliphatic carbocycles. The van der Waals surface area contributed by atoms with Gasteiger partial charge in [0, 0.05) is 6.08 Å². The molecule has 3 saturated carbocycles. The van der Waals surface area contributed by atoms with Gasteiger partial charge in [-0.3, -0.25) is 0 Å². The van der Waals surface area contributed by atoms with Crippen LogP contribution in [0, 0.1) is 23.2 Å². The number of carbonyl (C=O) groups excluding carboxylic acids is 1. The molecule has 0 amide bonds. The van der Waals surface area contributed by atoms with Crippen LogP contribution in [-0.2, 0) is 18.4 Å². The second-order valence-corrected chi connectivity index (χ2v) is 26.8. The minimum absolute atomic E-state index is 0.195. The van der Waals surface area contributed by atoms with Crippen molar-refractivity contribution in [2.75, 3.05) is 6.61 Å². The smallest absolute Gasteiger partial charge is 0.330 e. The molecule has 3 fully saturated rings. The molecule has 0 N–H and O–H groups in total. The summed E-state index contributed by atoms with van der Waals surface area (Å²) >= 11 is 0. The number of rotatable bonds is 9. The number of hydrogen-bond donors (Lipinski definition) is 0. The summed E-state index contributed by atoms with van der Waals surface area (Å²) in [4.78, 5) is 12.0. The molecule has 246 valence electrons. The summed E-state index contributed by atoms with van der Waals surface area (Å²) in [5, 5.41) is 0.389. The van der Waals surface area contributed by atoms with Crippen molar-refractivity contribution in [2.45, 2.75) is 162 Å². The normalized spacial score (nSPS) is 30.9. The summed E-state index contributed by atoms with van der Waals surface area (Å²) in [5.41, 5.74) is 3.42. The molecule has 3 rings (SSSR count). The zero-order chi connectivity index (χ0) is 32.4. The van der Waals surface area contributed by atoms with Crippen molar-refractivity contribution in [3.8, 4) is 0 Å². The Bertz CT molecular complexity index is 1020. The third-order valence-corrected chi connectivity index (χ3v) is 21.1. The van der Waals surface area contributed by atoms with Gasteiger partial charge in [0.1, 0.15) is 0 Å². The first-order valence-electron chi connectivity index (χ1n) is 17.3. The van der Waals surface area contributed by atoms with Gasteiger partial charge in [0.25, 0.3) is 0 Å². The van der Waals surface area contributed by atoms with Crippen LogP contribution in [0.15, 0.2) is 35.5 Å². The standard InChI is InChI=1S/C37H66O4Si2/c1-14-39-34(38)22-17-27(2)32-20-21-33-29(16-15-23-37(32,33)9)19-18-28-24-30(40-42(10,11)35(3,4)5)26-31(25-28)41-43(12,13)36(6,7)8/h17-19,22,27,30-33H,14-16,20-21,23-26H2,1-13H3/t27-,30-,31-,32-,33+,37-/m1/s1. The van der Waals surface area contributed by atoms with E-state index in [4.69, 9.17) is 13.6 Å².